The molecule has 1 aromatic heterocycles. The van der Waals surface area contributed by atoms with Crippen molar-refractivity contribution in [1.29, 1.82) is 5.26 Å². The van der Waals surface area contributed by atoms with Crippen molar-refractivity contribution in [1.82, 2.24) is 4.57 Å². The molecule has 0 amide bonds. The lowest BCUT2D eigenvalue weighted by Gasteiger charge is -2.27. The van der Waals surface area contributed by atoms with Crippen LogP contribution in [0.1, 0.15) is 5.56 Å². The molecule has 0 spiro atoms. The van der Waals surface area contributed by atoms with Crippen molar-refractivity contribution in [2.75, 3.05) is 4.90 Å². The Kier molecular flexibility index (Phi) is 8.21. The highest BCUT2D eigenvalue weighted by Crippen LogP contribution is 2.44. The first-order valence-corrected chi connectivity index (χ1v) is 18.9. The first-order chi connectivity index (χ1) is 27.7. The maximum absolute atomic E-state index is 9.53. The lowest BCUT2D eigenvalue weighted by Crippen LogP contribution is -2.10. The van der Waals surface area contributed by atoms with Gasteiger partial charge in [0.1, 0.15) is 0 Å². The molecule has 0 saturated carbocycles. The van der Waals surface area contributed by atoms with E-state index in [4.69, 9.17) is 0 Å². The van der Waals surface area contributed by atoms with E-state index in [0.717, 1.165) is 33.7 Å². The van der Waals surface area contributed by atoms with Crippen LogP contribution in [0, 0.1) is 11.3 Å². The van der Waals surface area contributed by atoms with E-state index in [1.54, 1.807) is 0 Å². The number of nitriles is 1. The number of para-hydroxylation sites is 2. The Balaban J connectivity index is 1.19. The summed E-state index contributed by atoms with van der Waals surface area (Å²) in [4.78, 5) is 2.28. The topological polar surface area (TPSA) is 32.0 Å². The smallest absolute Gasteiger partial charge is 0.0991 e. The minimum absolute atomic E-state index is 0.637. The zero-order chi connectivity index (χ0) is 37.4. The minimum Gasteiger partial charge on any atom is -0.310 e. The molecule has 0 atom stereocenters. The van der Waals surface area contributed by atoms with Crippen molar-refractivity contribution >= 4 is 49.6 Å². The highest BCUT2D eigenvalue weighted by Gasteiger charge is 2.20. The number of nitrogens with zero attached hydrogens (tertiary/aromatic N) is 3. The normalized spacial score (nSPS) is 11.2. The highest BCUT2D eigenvalue weighted by atomic mass is 15.1. The van der Waals surface area contributed by atoms with E-state index >= 15 is 0 Å². The molecule has 56 heavy (non-hydrogen) atoms. The Morgan fingerprint density at radius 3 is 1.79 bits per heavy atom. The first-order valence-electron chi connectivity index (χ1n) is 18.9. The van der Waals surface area contributed by atoms with Crippen molar-refractivity contribution < 1.29 is 0 Å². The summed E-state index contributed by atoms with van der Waals surface area (Å²) in [6.07, 6.45) is 0. The van der Waals surface area contributed by atoms with Crippen LogP contribution in [0.4, 0.5) is 17.1 Å². The number of rotatable bonds is 7. The number of aromatic nitrogens is 1. The fourth-order valence-electron chi connectivity index (χ4n) is 8.25. The molecule has 10 rings (SSSR count). The Morgan fingerprint density at radius 1 is 0.393 bits per heavy atom. The lowest BCUT2D eigenvalue weighted by molar-refractivity contribution is 1.18. The van der Waals surface area contributed by atoms with E-state index in [9.17, 15) is 5.26 Å². The van der Waals surface area contributed by atoms with Gasteiger partial charge < -0.3 is 9.47 Å². The molecule has 0 bridgehead atoms. The van der Waals surface area contributed by atoms with Crippen molar-refractivity contribution in [2.24, 2.45) is 0 Å². The quantitative estimate of drug-likeness (QED) is 0.165. The van der Waals surface area contributed by atoms with Gasteiger partial charge in [0.25, 0.3) is 0 Å². The van der Waals surface area contributed by atoms with Crippen molar-refractivity contribution in [3.63, 3.8) is 0 Å². The Bertz CT molecular complexity index is 3070. The summed E-state index contributed by atoms with van der Waals surface area (Å²) in [7, 11) is 0. The third-order valence-electron chi connectivity index (χ3n) is 10.8. The minimum atomic E-state index is 0.637. The van der Waals surface area contributed by atoms with Crippen LogP contribution >= 0.6 is 0 Å². The van der Waals surface area contributed by atoms with E-state index in [-0.39, 0.29) is 0 Å². The summed E-state index contributed by atoms with van der Waals surface area (Å²) in [5.41, 5.74) is 14.3. The van der Waals surface area contributed by atoms with Crippen LogP contribution in [-0.4, -0.2) is 4.57 Å². The molecule has 0 aliphatic carbocycles. The second-order valence-corrected chi connectivity index (χ2v) is 14.1. The molecule has 1 heterocycles. The number of hydrogen-bond donors (Lipinski definition) is 0. The molecule has 3 heteroatoms. The molecule has 3 nitrogen and oxygen atoms in total. The summed E-state index contributed by atoms with van der Waals surface area (Å²) >= 11 is 0. The molecule has 0 aliphatic heterocycles. The molecule has 0 fully saturated rings. The van der Waals surface area contributed by atoms with Gasteiger partial charge >= 0.3 is 0 Å². The number of benzene rings is 9. The molecule has 262 valence electrons. The van der Waals surface area contributed by atoms with Crippen LogP contribution < -0.4 is 4.90 Å². The average Bonchev–Trinajstić information content (AvgIpc) is 3.62. The van der Waals surface area contributed by atoms with E-state index in [1.807, 2.05) is 30.3 Å². The second-order valence-electron chi connectivity index (χ2n) is 14.1. The third-order valence-corrected chi connectivity index (χ3v) is 10.8. The van der Waals surface area contributed by atoms with Crippen LogP contribution in [0.5, 0.6) is 0 Å². The fraction of sp³-hybridized carbons (Fsp3) is 0. The van der Waals surface area contributed by atoms with Gasteiger partial charge in [-0.3, -0.25) is 0 Å². The molecule has 0 saturated heterocycles. The van der Waals surface area contributed by atoms with Crippen molar-refractivity contribution in [2.45, 2.75) is 0 Å². The number of hydrogen-bond acceptors (Lipinski definition) is 2. The standard InChI is InChI=1S/C53H35N3/c54-36-37-26-29-44(30-27-37)55(42-18-6-2-7-19-42)50-33-31-45(47-22-10-11-23-48(47)50)41-28-32-51-49(35-41)53-46(24-13-25-52(53)56(51)43-20-8-3-9-21-43)40-17-12-16-39(34-40)38-14-4-1-5-15-38/h1-35H. The van der Waals surface area contributed by atoms with Gasteiger partial charge in [-0.15, -0.1) is 0 Å². The van der Waals surface area contributed by atoms with Gasteiger partial charge in [0.2, 0.25) is 0 Å². The largest absolute Gasteiger partial charge is 0.310 e. The molecular formula is C53H35N3. The number of anilines is 3. The summed E-state index contributed by atoms with van der Waals surface area (Å²) in [6, 6.07) is 77.5. The van der Waals surface area contributed by atoms with Gasteiger partial charge in [-0.05, 0) is 118 Å². The van der Waals surface area contributed by atoms with Gasteiger partial charge in [0, 0.05) is 33.2 Å². The van der Waals surface area contributed by atoms with E-state index in [1.165, 1.54) is 55.0 Å². The lowest BCUT2D eigenvalue weighted by atomic mass is 9.93. The average molecular weight is 714 g/mol. The maximum Gasteiger partial charge on any atom is 0.0991 e. The summed E-state index contributed by atoms with van der Waals surface area (Å²) in [6.45, 7) is 0. The molecule has 9 aromatic carbocycles. The second kappa shape index (κ2) is 14.0. The van der Waals surface area contributed by atoms with Gasteiger partial charge in [-0.1, -0.05) is 133 Å². The monoisotopic (exact) mass is 713 g/mol. The highest BCUT2D eigenvalue weighted by molar-refractivity contribution is 6.17. The van der Waals surface area contributed by atoms with Crippen LogP contribution in [0.3, 0.4) is 0 Å². The third kappa shape index (κ3) is 5.69. The molecule has 0 radical (unpaired) electrons. The first kappa shape index (κ1) is 32.9. The Labute approximate surface area is 326 Å². The predicted molar refractivity (Wildman–Crippen MR) is 234 cm³/mol. The van der Waals surface area contributed by atoms with Gasteiger partial charge in [-0.25, -0.2) is 0 Å². The van der Waals surface area contributed by atoms with Gasteiger partial charge in [0.15, 0.2) is 0 Å². The van der Waals surface area contributed by atoms with Gasteiger partial charge in [0.05, 0.1) is 28.4 Å². The Morgan fingerprint density at radius 2 is 1.02 bits per heavy atom. The molecule has 10 aromatic rings. The summed E-state index contributed by atoms with van der Waals surface area (Å²) < 4.78 is 2.40. The SMILES string of the molecule is N#Cc1ccc(N(c2ccccc2)c2ccc(-c3ccc4c(c3)c3c(-c5cccc(-c6ccccc6)c5)cccc3n4-c3ccccc3)c3ccccc23)cc1. The molecule has 0 aliphatic rings. The zero-order valence-electron chi connectivity index (χ0n) is 30.5. The Hall–Kier alpha value is -7.67. The van der Waals surface area contributed by atoms with Crippen LogP contribution in [0.25, 0.3) is 71.6 Å². The molecular weight excluding hydrogens is 679 g/mol. The number of fused-ring (bicyclic) bond motifs is 4. The summed E-state index contributed by atoms with van der Waals surface area (Å²) in [5, 5.41) is 14.3. The van der Waals surface area contributed by atoms with E-state index in [2.05, 4.69) is 198 Å². The molecule has 0 unspecified atom stereocenters. The van der Waals surface area contributed by atoms with Crippen molar-refractivity contribution in [3.05, 3.63) is 218 Å². The summed E-state index contributed by atoms with van der Waals surface area (Å²) in [5.74, 6) is 0. The van der Waals surface area contributed by atoms with E-state index < -0.39 is 0 Å². The fourth-order valence-corrected chi connectivity index (χ4v) is 8.25. The van der Waals surface area contributed by atoms with Crippen LogP contribution in [0.2, 0.25) is 0 Å². The predicted octanol–water partition coefficient (Wildman–Crippen LogP) is 14.3. The molecule has 0 N–H and O–H groups in total. The van der Waals surface area contributed by atoms with E-state index in [0.29, 0.717) is 5.56 Å². The van der Waals surface area contributed by atoms with Crippen LogP contribution in [-0.2, 0) is 0 Å². The maximum atomic E-state index is 9.53. The zero-order valence-corrected chi connectivity index (χ0v) is 30.5. The van der Waals surface area contributed by atoms with Crippen molar-refractivity contribution in [3.8, 4) is 45.1 Å². The van der Waals surface area contributed by atoms with Crippen LogP contribution in [0.15, 0.2) is 212 Å². The van der Waals surface area contributed by atoms with Gasteiger partial charge in [-0.2, -0.15) is 5.26 Å².